The van der Waals surface area contributed by atoms with Crippen LogP contribution in [0.1, 0.15) is 56.9 Å². The number of fused-ring (bicyclic) bond motifs is 2. The van der Waals surface area contributed by atoms with E-state index in [4.69, 9.17) is 9.94 Å². The van der Waals surface area contributed by atoms with Crippen LogP contribution in [0.5, 0.6) is 0 Å². The van der Waals surface area contributed by atoms with Crippen LogP contribution in [-0.2, 0) is 16.0 Å². The van der Waals surface area contributed by atoms with Crippen molar-refractivity contribution >= 4 is 5.91 Å². The minimum atomic E-state index is -0.330. The minimum Gasteiger partial charge on any atom is -0.393 e. The zero-order valence-corrected chi connectivity index (χ0v) is 16.5. The maximum Gasteiger partial charge on any atom is 0.243 e. The van der Waals surface area contributed by atoms with E-state index >= 15 is 0 Å². The van der Waals surface area contributed by atoms with Gasteiger partial charge in [-0.2, -0.15) is 0 Å². The number of aliphatic hydroxyl groups excluding tert-OH is 1. The lowest BCUT2D eigenvalue weighted by Gasteiger charge is -2.28. The number of carbonyl (C=O) groups is 1. The maximum atomic E-state index is 11.0. The van der Waals surface area contributed by atoms with Gasteiger partial charge in [0.25, 0.3) is 0 Å². The molecular formula is C23H33NO4. The Morgan fingerprint density at radius 2 is 1.93 bits per heavy atom. The van der Waals surface area contributed by atoms with Crippen LogP contribution in [-0.4, -0.2) is 34.5 Å². The van der Waals surface area contributed by atoms with Gasteiger partial charge >= 0.3 is 0 Å². The summed E-state index contributed by atoms with van der Waals surface area (Å²) in [6, 6.07) is 10.2. The van der Waals surface area contributed by atoms with E-state index in [1.165, 1.54) is 5.56 Å². The van der Waals surface area contributed by atoms with Crippen LogP contribution < -0.4 is 5.48 Å². The molecule has 2 saturated heterocycles. The number of ether oxygens (including phenoxy) is 1. The average Bonchev–Trinajstić information content (AvgIpc) is 3.31. The molecule has 5 nitrogen and oxygen atoms in total. The Hall–Kier alpha value is -1.69. The maximum absolute atomic E-state index is 11.0. The highest BCUT2D eigenvalue weighted by molar-refractivity contribution is 5.74. The fraction of sp³-hybridized carbons (Fsp3) is 0.609. The van der Waals surface area contributed by atoms with E-state index in [9.17, 15) is 9.90 Å². The number of unbranched alkanes of at least 4 members (excludes halogenated alkanes) is 1. The van der Waals surface area contributed by atoms with Gasteiger partial charge in [0.1, 0.15) is 0 Å². The third-order valence-corrected chi connectivity index (χ3v) is 6.21. The van der Waals surface area contributed by atoms with Gasteiger partial charge in [-0.15, -0.1) is 0 Å². The molecule has 1 aromatic carbocycles. The van der Waals surface area contributed by atoms with Crippen LogP contribution in [0, 0.1) is 11.8 Å². The molecule has 3 rings (SSSR count). The van der Waals surface area contributed by atoms with Gasteiger partial charge in [-0.05, 0) is 68.8 Å². The van der Waals surface area contributed by atoms with Gasteiger partial charge < -0.3 is 9.84 Å². The van der Waals surface area contributed by atoms with Crippen molar-refractivity contribution in [3.8, 4) is 0 Å². The Morgan fingerprint density at radius 3 is 2.68 bits per heavy atom. The number of carbonyl (C=O) groups excluding carboxylic acids is 1. The van der Waals surface area contributed by atoms with Gasteiger partial charge in [-0.1, -0.05) is 42.5 Å². The summed E-state index contributed by atoms with van der Waals surface area (Å²) in [5, 5.41) is 18.9. The van der Waals surface area contributed by atoms with E-state index in [-0.39, 0.29) is 12.0 Å². The number of rotatable bonds is 11. The number of amides is 1. The first kappa shape index (κ1) is 21.0. The zero-order valence-electron chi connectivity index (χ0n) is 16.5. The lowest BCUT2D eigenvalue weighted by molar-refractivity contribution is -0.129. The second kappa shape index (κ2) is 10.7. The van der Waals surface area contributed by atoms with Crippen molar-refractivity contribution in [3.05, 3.63) is 48.0 Å². The van der Waals surface area contributed by atoms with Crippen LogP contribution >= 0.6 is 0 Å². The summed E-state index contributed by atoms with van der Waals surface area (Å²) < 4.78 is 6.18. The lowest BCUT2D eigenvalue weighted by Crippen LogP contribution is -2.28. The summed E-state index contributed by atoms with van der Waals surface area (Å²) in [6.45, 7) is 0. The Bertz CT molecular complexity index is 633. The molecule has 1 amide bonds. The Labute approximate surface area is 167 Å². The van der Waals surface area contributed by atoms with E-state index in [0.29, 0.717) is 36.9 Å². The molecule has 0 aliphatic carbocycles. The van der Waals surface area contributed by atoms with Crippen LogP contribution in [0.4, 0.5) is 0 Å². The van der Waals surface area contributed by atoms with Gasteiger partial charge in [0.15, 0.2) is 0 Å². The van der Waals surface area contributed by atoms with Crippen molar-refractivity contribution in [3.63, 3.8) is 0 Å². The fourth-order valence-corrected chi connectivity index (χ4v) is 4.78. The topological polar surface area (TPSA) is 78.8 Å². The number of nitrogens with one attached hydrogen (secondary N) is 1. The Kier molecular flexibility index (Phi) is 8.07. The molecule has 154 valence electrons. The molecule has 2 fully saturated rings. The Balaban J connectivity index is 1.42. The zero-order chi connectivity index (χ0) is 19.8. The van der Waals surface area contributed by atoms with Crippen molar-refractivity contribution < 1.29 is 19.8 Å². The van der Waals surface area contributed by atoms with Crippen LogP contribution in [0.3, 0.4) is 0 Å². The fourth-order valence-electron chi connectivity index (χ4n) is 4.78. The highest BCUT2D eigenvalue weighted by atomic mass is 16.5. The van der Waals surface area contributed by atoms with E-state index in [1.807, 2.05) is 18.2 Å². The Morgan fingerprint density at radius 1 is 1.18 bits per heavy atom. The molecule has 1 unspecified atom stereocenters. The highest BCUT2D eigenvalue weighted by Gasteiger charge is 2.47. The van der Waals surface area contributed by atoms with Crippen molar-refractivity contribution in [2.75, 3.05) is 0 Å². The SMILES string of the molecule is O=C(CCCC=CC[C@H]1[C@@H](CCC(O)Cc2ccccc2)[C@H]2CC[C@@H]1O2)NO. The normalized spacial score (nSPS) is 27.4. The number of benzene rings is 1. The van der Waals surface area contributed by atoms with E-state index in [0.717, 1.165) is 44.9 Å². The first-order valence-corrected chi connectivity index (χ1v) is 10.6. The van der Waals surface area contributed by atoms with Crippen molar-refractivity contribution in [1.29, 1.82) is 0 Å². The molecule has 5 atom stereocenters. The third-order valence-electron chi connectivity index (χ3n) is 6.21. The highest BCUT2D eigenvalue weighted by Crippen LogP contribution is 2.47. The first-order valence-electron chi connectivity index (χ1n) is 10.6. The molecule has 28 heavy (non-hydrogen) atoms. The molecule has 3 N–H and O–H groups in total. The molecule has 0 radical (unpaired) electrons. The molecule has 2 aliphatic rings. The van der Waals surface area contributed by atoms with E-state index in [2.05, 4.69) is 24.3 Å². The largest absolute Gasteiger partial charge is 0.393 e. The molecule has 0 aromatic heterocycles. The van der Waals surface area contributed by atoms with Crippen LogP contribution in [0.15, 0.2) is 42.5 Å². The van der Waals surface area contributed by atoms with Crippen molar-refractivity contribution in [1.82, 2.24) is 5.48 Å². The summed E-state index contributed by atoms with van der Waals surface area (Å²) in [7, 11) is 0. The second-order valence-electron chi connectivity index (χ2n) is 8.17. The van der Waals surface area contributed by atoms with Crippen molar-refractivity contribution in [2.45, 2.75) is 76.1 Å². The van der Waals surface area contributed by atoms with Gasteiger partial charge in [0.2, 0.25) is 5.91 Å². The predicted molar refractivity (Wildman–Crippen MR) is 108 cm³/mol. The first-order chi connectivity index (χ1) is 13.7. The standard InChI is InChI=1S/C23H33NO4/c25-18(16-17-8-4-3-5-9-17)12-13-20-19(21-14-15-22(20)28-21)10-6-1-2-7-11-23(26)24-27/h1,3-6,8-9,18-22,25,27H,2,7,10-16H2,(H,24,26)/t18?,19-,20+,21-,22+/m0/s1. The molecule has 0 saturated carbocycles. The van der Waals surface area contributed by atoms with Crippen LogP contribution in [0.2, 0.25) is 0 Å². The average molecular weight is 388 g/mol. The second-order valence-corrected chi connectivity index (χ2v) is 8.17. The summed E-state index contributed by atoms with van der Waals surface area (Å²) >= 11 is 0. The molecule has 2 heterocycles. The minimum absolute atomic E-state index is 0.296. The summed E-state index contributed by atoms with van der Waals surface area (Å²) in [6.07, 6.45) is 12.6. The van der Waals surface area contributed by atoms with Gasteiger partial charge in [0.05, 0.1) is 18.3 Å². The number of hydroxylamine groups is 1. The molecular weight excluding hydrogens is 354 g/mol. The lowest BCUT2D eigenvalue weighted by atomic mass is 9.75. The molecule has 1 aromatic rings. The molecule has 5 heteroatoms. The van der Waals surface area contributed by atoms with Gasteiger partial charge in [-0.25, -0.2) is 5.48 Å². The van der Waals surface area contributed by atoms with E-state index in [1.54, 1.807) is 5.48 Å². The summed E-state index contributed by atoms with van der Waals surface area (Å²) in [5.74, 6) is 0.748. The summed E-state index contributed by atoms with van der Waals surface area (Å²) in [4.78, 5) is 11.0. The third kappa shape index (κ3) is 5.90. The number of hydrogen-bond donors (Lipinski definition) is 3. The quantitative estimate of drug-likeness (QED) is 0.234. The van der Waals surface area contributed by atoms with Gasteiger partial charge in [-0.3, -0.25) is 10.0 Å². The molecule has 0 spiro atoms. The number of allylic oxidation sites excluding steroid dienone is 2. The number of hydrogen-bond acceptors (Lipinski definition) is 4. The van der Waals surface area contributed by atoms with Crippen LogP contribution in [0.25, 0.3) is 0 Å². The summed E-state index contributed by atoms with van der Waals surface area (Å²) in [5.41, 5.74) is 2.85. The molecule has 2 bridgehead atoms. The predicted octanol–water partition coefficient (Wildman–Crippen LogP) is 3.79. The van der Waals surface area contributed by atoms with E-state index < -0.39 is 0 Å². The number of aliphatic hydroxyl groups is 1. The monoisotopic (exact) mass is 387 g/mol. The van der Waals surface area contributed by atoms with Gasteiger partial charge in [0, 0.05) is 6.42 Å². The molecule has 2 aliphatic heterocycles. The smallest absolute Gasteiger partial charge is 0.243 e. The van der Waals surface area contributed by atoms with Crippen molar-refractivity contribution in [2.24, 2.45) is 11.8 Å².